The molecule has 0 heterocycles. The van der Waals surface area contributed by atoms with E-state index in [0.29, 0.717) is 6.61 Å². The lowest BCUT2D eigenvalue weighted by Gasteiger charge is -2.12. The van der Waals surface area contributed by atoms with Gasteiger partial charge in [-0.15, -0.1) is 0 Å². The highest BCUT2D eigenvalue weighted by Crippen LogP contribution is 2.23. The number of anilines is 1. The Morgan fingerprint density at radius 1 is 0.864 bits per heavy atom. The van der Waals surface area contributed by atoms with Crippen molar-refractivity contribution < 1.29 is 9.47 Å². The molecule has 0 bridgehead atoms. The third-order valence-electron chi connectivity index (χ3n) is 3.42. The van der Waals surface area contributed by atoms with Crippen molar-refractivity contribution in [1.82, 2.24) is 0 Å². The summed E-state index contributed by atoms with van der Waals surface area (Å²) in [5, 5.41) is 3.43. The minimum Gasteiger partial charge on any atom is -0.493 e. The Kier molecular flexibility index (Phi) is 6.62. The van der Waals surface area contributed by atoms with Gasteiger partial charge < -0.3 is 14.8 Å². The quantitative estimate of drug-likeness (QED) is 0.683. The Balaban J connectivity index is 1.66. The van der Waals surface area contributed by atoms with E-state index in [1.807, 2.05) is 43.3 Å². The maximum Gasteiger partial charge on any atom is 0.142 e. The summed E-state index contributed by atoms with van der Waals surface area (Å²) in [6.45, 7) is 6.42. The molecule has 0 aliphatic heterocycles. The molecular formula is C19H25NO2. The van der Waals surface area contributed by atoms with E-state index in [1.54, 1.807) is 0 Å². The average Bonchev–Trinajstić information content (AvgIpc) is 2.54. The van der Waals surface area contributed by atoms with Gasteiger partial charge in [0.15, 0.2) is 0 Å². The highest BCUT2D eigenvalue weighted by molar-refractivity contribution is 5.56. The number of unbranched alkanes of at least 4 members (excludes halogenated alkanes) is 1. The molecule has 0 radical (unpaired) electrons. The molecule has 0 saturated heterocycles. The van der Waals surface area contributed by atoms with Crippen LogP contribution in [0.3, 0.4) is 0 Å². The molecule has 0 aliphatic carbocycles. The molecule has 0 aromatic heterocycles. The molecule has 0 atom stereocenters. The smallest absolute Gasteiger partial charge is 0.142 e. The second kappa shape index (κ2) is 8.98. The fourth-order valence-corrected chi connectivity index (χ4v) is 2.24. The number of aryl methyl sites for hydroxylation is 1. The van der Waals surface area contributed by atoms with Crippen LogP contribution in [0.2, 0.25) is 0 Å². The van der Waals surface area contributed by atoms with Crippen LogP contribution in [0.5, 0.6) is 11.5 Å². The molecule has 0 amide bonds. The molecule has 0 aliphatic rings. The van der Waals surface area contributed by atoms with Crippen LogP contribution in [0, 0.1) is 6.92 Å². The van der Waals surface area contributed by atoms with Gasteiger partial charge in [0.2, 0.25) is 0 Å². The van der Waals surface area contributed by atoms with Crippen molar-refractivity contribution in [3.05, 3.63) is 54.1 Å². The van der Waals surface area contributed by atoms with Crippen molar-refractivity contribution in [1.29, 1.82) is 0 Å². The van der Waals surface area contributed by atoms with Crippen LogP contribution in [-0.2, 0) is 0 Å². The van der Waals surface area contributed by atoms with Gasteiger partial charge in [0, 0.05) is 6.54 Å². The van der Waals surface area contributed by atoms with Crippen LogP contribution < -0.4 is 14.8 Å². The van der Waals surface area contributed by atoms with E-state index < -0.39 is 0 Å². The van der Waals surface area contributed by atoms with Gasteiger partial charge in [-0.2, -0.15) is 0 Å². The summed E-state index contributed by atoms with van der Waals surface area (Å²) in [4.78, 5) is 0. The first-order valence-electron chi connectivity index (χ1n) is 7.95. The van der Waals surface area contributed by atoms with Gasteiger partial charge in [-0.1, -0.05) is 30.3 Å². The molecule has 1 N–H and O–H groups in total. The van der Waals surface area contributed by atoms with Crippen LogP contribution in [0.25, 0.3) is 0 Å². The second-order valence-corrected chi connectivity index (χ2v) is 5.18. The number of benzene rings is 2. The lowest BCUT2D eigenvalue weighted by Crippen LogP contribution is -2.06. The standard InChI is InChI=1S/C19H25NO2/c1-3-21-19-13-7-5-11-17(19)20-14-8-9-15-22-18-12-6-4-10-16(18)2/h4-7,10-13,20H,3,8-9,14-15H2,1-2H3. The molecule has 2 rings (SSSR count). The van der Waals surface area contributed by atoms with Crippen LogP contribution in [-0.4, -0.2) is 19.8 Å². The number of ether oxygens (including phenoxy) is 2. The fourth-order valence-electron chi connectivity index (χ4n) is 2.24. The monoisotopic (exact) mass is 299 g/mol. The Bertz CT molecular complexity index is 569. The van der Waals surface area contributed by atoms with Gasteiger partial charge in [-0.25, -0.2) is 0 Å². The summed E-state index contributed by atoms with van der Waals surface area (Å²) in [7, 11) is 0. The molecule has 3 nitrogen and oxygen atoms in total. The van der Waals surface area contributed by atoms with Gasteiger partial charge in [-0.05, 0) is 50.5 Å². The summed E-state index contributed by atoms with van der Waals surface area (Å²) < 4.78 is 11.4. The van der Waals surface area contributed by atoms with Crippen molar-refractivity contribution in [2.75, 3.05) is 25.1 Å². The molecule has 2 aromatic rings. The zero-order valence-electron chi connectivity index (χ0n) is 13.5. The highest BCUT2D eigenvalue weighted by atomic mass is 16.5. The number of hydrogen-bond donors (Lipinski definition) is 1. The Morgan fingerprint density at radius 3 is 2.36 bits per heavy atom. The Hall–Kier alpha value is -2.16. The van der Waals surface area contributed by atoms with Gasteiger partial charge >= 0.3 is 0 Å². The van der Waals surface area contributed by atoms with Crippen LogP contribution in [0.1, 0.15) is 25.3 Å². The van der Waals surface area contributed by atoms with E-state index in [-0.39, 0.29) is 0 Å². The van der Waals surface area contributed by atoms with E-state index in [0.717, 1.165) is 43.2 Å². The summed E-state index contributed by atoms with van der Waals surface area (Å²) in [6, 6.07) is 16.2. The second-order valence-electron chi connectivity index (χ2n) is 5.18. The van der Waals surface area contributed by atoms with E-state index in [4.69, 9.17) is 9.47 Å². The topological polar surface area (TPSA) is 30.5 Å². The molecule has 0 unspecified atom stereocenters. The minimum absolute atomic E-state index is 0.683. The third-order valence-corrected chi connectivity index (χ3v) is 3.42. The molecule has 118 valence electrons. The number of rotatable bonds is 9. The van der Waals surface area contributed by atoms with Gasteiger partial charge in [0.1, 0.15) is 11.5 Å². The molecule has 0 fully saturated rings. The summed E-state index contributed by atoms with van der Waals surface area (Å²) >= 11 is 0. The van der Waals surface area contributed by atoms with Crippen molar-refractivity contribution >= 4 is 5.69 Å². The van der Waals surface area contributed by atoms with Crippen LogP contribution >= 0.6 is 0 Å². The first-order valence-corrected chi connectivity index (χ1v) is 7.95. The molecule has 2 aromatic carbocycles. The van der Waals surface area contributed by atoms with Crippen molar-refractivity contribution in [2.24, 2.45) is 0 Å². The number of hydrogen-bond acceptors (Lipinski definition) is 3. The maximum absolute atomic E-state index is 5.80. The summed E-state index contributed by atoms with van der Waals surface area (Å²) in [5.41, 5.74) is 2.25. The molecular weight excluding hydrogens is 274 g/mol. The number of para-hydroxylation sites is 3. The lowest BCUT2D eigenvalue weighted by atomic mass is 10.2. The predicted molar refractivity (Wildman–Crippen MR) is 92.0 cm³/mol. The van der Waals surface area contributed by atoms with Gasteiger partial charge in [0.05, 0.1) is 18.9 Å². The summed E-state index contributed by atoms with van der Waals surface area (Å²) in [5.74, 6) is 1.90. The summed E-state index contributed by atoms with van der Waals surface area (Å²) in [6.07, 6.45) is 2.09. The zero-order valence-corrected chi connectivity index (χ0v) is 13.5. The molecule has 0 saturated carbocycles. The first kappa shape index (κ1) is 16.2. The first-order chi connectivity index (χ1) is 10.8. The Morgan fingerprint density at radius 2 is 1.59 bits per heavy atom. The highest BCUT2D eigenvalue weighted by Gasteiger charge is 2.01. The zero-order chi connectivity index (χ0) is 15.6. The van der Waals surface area contributed by atoms with Gasteiger partial charge in [-0.3, -0.25) is 0 Å². The minimum atomic E-state index is 0.683. The Labute approximate surface area is 133 Å². The van der Waals surface area contributed by atoms with E-state index in [1.165, 1.54) is 5.56 Å². The van der Waals surface area contributed by atoms with Crippen LogP contribution in [0.4, 0.5) is 5.69 Å². The predicted octanol–water partition coefficient (Wildman–Crippen LogP) is 4.66. The van der Waals surface area contributed by atoms with E-state index in [9.17, 15) is 0 Å². The molecule has 0 spiro atoms. The SMILES string of the molecule is CCOc1ccccc1NCCCCOc1ccccc1C. The molecule has 22 heavy (non-hydrogen) atoms. The van der Waals surface area contributed by atoms with E-state index in [2.05, 4.69) is 24.4 Å². The normalized spacial score (nSPS) is 10.3. The average molecular weight is 299 g/mol. The largest absolute Gasteiger partial charge is 0.493 e. The van der Waals surface area contributed by atoms with E-state index >= 15 is 0 Å². The molecule has 3 heteroatoms. The van der Waals surface area contributed by atoms with Gasteiger partial charge in [0.25, 0.3) is 0 Å². The van der Waals surface area contributed by atoms with Crippen molar-refractivity contribution in [2.45, 2.75) is 26.7 Å². The third kappa shape index (κ3) is 4.99. The van der Waals surface area contributed by atoms with Crippen LogP contribution in [0.15, 0.2) is 48.5 Å². The maximum atomic E-state index is 5.80. The van der Waals surface area contributed by atoms with Crippen molar-refractivity contribution in [3.8, 4) is 11.5 Å². The van der Waals surface area contributed by atoms with Crippen molar-refractivity contribution in [3.63, 3.8) is 0 Å². The number of nitrogens with one attached hydrogen (secondary N) is 1. The lowest BCUT2D eigenvalue weighted by molar-refractivity contribution is 0.306. The fraction of sp³-hybridized carbons (Fsp3) is 0.368.